The minimum atomic E-state index is -2.91. The molecule has 2 aromatic rings. The zero-order valence-corrected chi connectivity index (χ0v) is 20.2. The number of nitrogens with one attached hydrogen (secondary N) is 1. The number of anilines is 1. The van der Waals surface area contributed by atoms with Crippen molar-refractivity contribution in [2.75, 3.05) is 23.9 Å². The number of carbonyl (C=O) groups is 1. The highest BCUT2D eigenvalue weighted by Gasteiger charge is 2.38. The number of benzene rings is 2. The first-order valence-electron chi connectivity index (χ1n) is 11.3. The normalized spacial score (nSPS) is 24.7. The fourth-order valence-corrected chi connectivity index (χ4v) is 6.74. The number of amides is 1. The Hall–Kier alpha value is -2.97. The van der Waals surface area contributed by atoms with Gasteiger partial charge in [0, 0.05) is 23.7 Å². The van der Waals surface area contributed by atoms with Crippen molar-refractivity contribution in [1.82, 2.24) is 4.90 Å². The SMILES string of the molecule is CN(Cc1ccc(C2=CC(=C3C(=O)Nc4cc(F)ccc43)OC2(C)C)cc1)C1CCS(=O)(=O)C1. The third kappa shape index (κ3) is 4.16. The van der Waals surface area contributed by atoms with Gasteiger partial charge in [0.05, 0.1) is 22.8 Å². The molecule has 0 spiro atoms. The lowest BCUT2D eigenvalue weighted by atomic mass is 9.91. The van der Waals surface area contributed by atoms with E-state index in [2.05, 4.69) is 10.2 Å². The summed E-state index contributed by atoms with van der Waals surface area (Å²) in [4.78, 5) is 14.7. The van der Waals surface area contributed by atoms with E-state index < -0.39 is 21.3 Å². The summed E-state index contributed by atoms with van der Waals surface area (Å²) in [6, 6.07) is 12.4. The van der Waals surface area contributed by atoms with Crippen LogP contribution >= 0.6 is 0 Å². The highest BCUT2D eigenvalue weighted by Crippen LogP contribution is 2.44. The molecule has 0 bridgehead atoms. The van der Waals surface area contributed by atoms with Crippen LogP contribution in [0.2, 0.25) is 0 Å². The monoisotopic (exact) mass is 482 g/mol. The predicted octanol–water partition coefficient (Wildman–Crippen LogP) is 4.00. The summed E-state index contributed by atoms with van der Waals surface area (Å²) in [5.74, 6) is 0.236. The molecule has 178 valence electrons. The summed E-state index contributed by atoms with van der Waals surface area (Å²) in [7, 11) is -0.952. The van der Waals surface area contributed by atoms with E-state index in [9.17, 15) is 17.6 Å². The molecular weight excluding hydrogens is 455 g/mol. The van der Waals surface area contributed by atoms with Crippen LogP contribution in [-0.4, -0.2) is 49.4 Å². The van der Waals surface area contributed by atoms with Crippen molar-refractivity contribution < 1.29 is 22.3 Å². The quantitative estimate of drug-likeness (QED) is 0.667. The fourth-order valence-electron chi connectivity index (χ4n) is 4.94. The zero-order valence-electron chi connectivity index (χ0n) is 19.4. The Kier molecular flexibility index (Phi) is 5.41. The number of ether oxygens (including phenoxy) is 1. The Morgan fingerprint density at radius 1 is 1.18 bits per heavy atom. The van der Waals surface area contributed by atoms with Crippen LogP contribution in [0.5, 0.6) is 0 Å². The summed E-state index contributed by atoms with van der Waals surface area (Å²) in [5.41, 5.74) is 3.84. The van der Waals surface area contributed by atoms with E-state index in [4.69, 9.17) is 4.74 Å². The van der Waals surface area contributed by atoms with Crippen LogP contribution in [0, 0.1) is 5.82 Å². The average Bonchev–Trinajstić information content (AvgIpc) is 3.39. The maximum absolute atomic E-state index is 13.6. The van der Waals surface area contributed by atoms with Crippen LogP contribution in [0.4, 0.5) is 10.1 Å². The highest BCUT2D eigenvalue weighted by atomic mass is 32.2. The third-order valence-corrected chi connectivity index (χ3v) is 8.54. The standard InChI is InChI=1S/C26H27FN2O4S/c1-26(2)21(13-23(33-26)24-20-9-8-18(27)12-22(20)28-25(24)30)17-6-4-16(5-7-17)14-29(3)19-10-11-34(31,32)15-19/h4-9,12-13,19H,10-11,14-15H2,1-3H3,(H,28,30). The second-order valence-corrected chi connectivity index (χ2v) is 12.0. The van der Waals surface area contributed by atoms with Crippen molar-refractivity contribution >= 4 is 32.6 Å². The van der Waals surface area contributed by atoms with Crippen LogP contribution < -0.4 is 5.32 Å². The lowest BCUT2D eigenvalue weighted by molar-refractivity contribution is -0.111. The van der Waals surface area contributed by atoms with Gasteiger partial charge < -0.3 is 10.1 Å². The van der Waals surface area contributed by atoms with Gasteiger partial charge >= 0.3 is 0 Å². The number of sulfone groups is 1. The van der Waals surface area contributed by atoms with Crippen LogP contribution in [0.25, 0.3) is 11.1 Å². The zero-order chi connectivity index (χ0) is 24.3. The lowest BCUT2D eigenvalue weighted by Crippen LogP contribution is -2.32. The molecule has 1 saturated heterocycles. The van der Waals surface area contributed by atoms with Gasteiger partial charge in [-0.3, -0.25) is 9.69 Å². The van der Waals surface area contributed by atoms with Crippen LogP contribution in [-0.2, 0) is 25.9 Å². The molecule has 1 unspecified atom stereocenters. The second-order valence-electron chi connectivity index (χ2n) is 9.72. The first-order chi connectivity index (χ1) is 16.0. The predicted molar refractivity (Wildman–Crippen MR) is 130 cm³/mol. The van der Waals surface area contributed by atoms with Crippen molar-refractivity contribution in [2.45, 2.75) is 38.5 Å². The van der Waals surface area contributed by atoms with Crippen molar-refractivity contribution in [3.05, 3.63) is 76.8 Å². The Labute approximate surface area is 199 Å². The largest absolute Gasteiger partial charge is 0.482 e. The average molecular weight is 483 g/mol. The van der Waals surface area contributed by atoms with Gasteiger partial charge in [-0.2, -0.15) is 0 Å². The van der Waals surface area contributed by atoms with Crippen molar-refractivity contribution in [3.8, 4) is 0 Å². The van der Waals surface area contributed by atoms with Crippen LogP contribution in [0.3, 0.4) is 0 Å². The van der Waals surface area contributed by atoms with E-state index in [1.165, 1.54) is 12.1 Å². The molecule has 5 rings (SSSR count). The minimum Gasteiger partial charge on any atom is -0.482 e. The molecule has 1 atom stereocenters. The molecule has 0 aromatic heterocycles. The summed E-state index contributed by atoms with van der Waals surface area (Å²) in [5, 5.41) is 2.71. The van der Waals surface area contributed by atoms with E-state index in [1.54, 1.807) is 6.07 Å². The van der Waals surface area contributed by atoms with Gasteiger partial charge in [0.2, 0.25) is 0 Å². The molecule has 0 saturated carbocycles. The smallest absolute Gasteiger partial charge is 0.260 e. The number of nitrogens with zero attached hydrogens (tertiary/aromatic N) is 1. The number of rotatable bonds is 4. The van der Waals surface area contributed by atoms with Crippen LogP contribution in [0.1, 0.15) is 37.0 Å². The van der Waals surface area contributed by atoms with Crippen molar-refractivity contribution in [1.29, 1.82) is 0 Å². The number of fused-ring (bicyclic) bond motifs is 1. The van der Waals surface area contributed by atoms with Crippen molar-refractivity contribution in [3.63, 3.8) is 0 Å². The molecule has 1 amide bonds. The summed E-state index contributed by atoms with van der Waals surface area (Å²) >= 11 is 0. The number of carbonyl (C=O) groups excluding carboxylic acids is 1. The number of allylic oxidation sites excluding steroid dienone is 1. The molecule has 34 heavy (non-hydrogen) atoms. The first kappa shape index (κ1) is 22.8. The molecular formula is C26H27FN2O4S. The maximum Gasteiger partial charge on any atom is 0.260 e. The van der Waals surface area contributed by atoms with Gasteiger partial charge in [0.15, 0.2) is 9.84 Å². The van der Waals surface area contributed by atoms with E-state index in [-0.39, 0.29) is 23.5 Å². The molecule has 6 nitrogen and oxygen atoms in total. The molecule has 1 N–H and O–H groups in total. The highest BCUT2D eigenvalue weighted by molar-refractivity contribution is 7.91. The molecule has 3 heterocycles. The molecule has 8 heteroatoms. The Morgan fingerprint density at radius 3 is 2.59 bits per heavy atom. The van der Waals surface area contributed by atoms with Crippen molar-refractivity contribution in [2.24, 2.45) is 0 Å². The third-order valence-electron chi connectivity index (χ3n) is 6.79. The molecule has 0 aliphatic carbocycles. The number of hydrogen-bond acceptors (Lipinski definition) is 5. The van der Waals surface area contributed by atoms with Gasteiger partial charge in [-0.1, -0.05) is 24.3 Å². The summed E-state index contributed by atoms with van der Waals surface area (Å²) in [6.45, 7) is 4.57. The van der Waals surface area contributed by atoms with E-state index in [0.717, 1.165) is 16.7 Å². The van der Waals surface area contributed by atoms with Gasteiger partial charge in [-0.15, -0.1) is 0 Å². The fraction of sp³-hybridized carbons (Fsp3) is 0.346. The maximum atomic E-state index is 13.6. The second kappa shape index (κ2) is 8.06. The molecule has 3 aliphatic rings. The molecule has 0 radical (unpaired) electrons. The summed E-state index contributed by atoms with van der Waals surface area (Å²) in [6.07, 6.45) is 2.56. The van der Waals surface area contributed by atoms with Gasteiger partial charge in [0.25, 0.3) is 5.91 Å². The van der Waals surface area contributed by atoms with E-state index in [1.807, 2.05) is 51.2 Å². The van der Waals surface area contributed by atoms with E-state index in [0.29, 0.717) is 35.5 Å². The Balaban J connectivity index is 1.40. The number of halogens is 1. The van der Waals surface area contributed by atoms with Crippen LogP contribution in [0.15, 0.2) is 54.3 Å². The number of hydrogen-bond donors (Lipinski definition) is 1. The Morgan fingerprint density at radius 2 is 1.91 bits per heavy atom. The molecule has 2 aromatic carbocycles. The molecule has 3 aliphatic heterocycles. The topological polar surface area (TPSA) is 75.7 Å². The van der Waals surface area contributed by atoms with Gasteiger partial charge in [0.1, 0.15) is 17.2 Å². The Bertz CT molecular complexity index is 1340. The summed E-state index contributed by atoms with van der Waals surface area (Å²) < 4.78 is 43.4. The first-order valence-corrected chi connectivity index (χ1v) is 13.1. The van der Waals surface area contributed by atoms with Gasteiger partial charge in [-0.25, -0.2) is 12.8 Å². The van der Waals surface area contributed by atoms with Gasteiger partial charge in [-0.05, 0) is 62.7 Å². The van der Waals surface area contributed by atoms with E-state index >= 15 is 0 Å². The lowest BCUT2D eigenvalue weighted by Gasteiger charge is -2.25. The minimum absolute atomic E-state index is 0.0534. The molecule has 1 fully saturated rings.